The number of rotatable bonds is 2. The maximum absolute atomic E-state index is 13.3. The van der Waals surface area contributed by atoms with Gasteiger partial charge in [-0.05, 0) is 19.1 Å². The Morgan fingerprint density at radius 1 is 1.35 bits per heavy atom. The van der Waals surface area contributed by atoms with E-state index in [1.807, 2.05) is 0 Å². The largest absolute Gasteiger partial charge is 0.386 e. The third kappa shape index (κ3) is 2.60. The van der Waals surface area contributed by atoms with Gasteiger partial charge in [0.1, 0.15) is 16.9 Å². The van der Waals surface area contributed by atoms with Crippen molar-refractivity contribution < 1.29 is 9.50 Å². The van der Waals surface area contributed by atoms with Crippen LogP contribution in [0.4, 0.5) is 4.39 Å². The van der Waals surface area contributed by atoms with E-state index in [0.717, 1.165) is 0 Å². The normalized spacial score (nSPS) is 12.8. The van der Waals surface area contributed by atoms with Crippen LogP contribution in [0.2, 0.25) is 10.0 Å². The molecule has 0 spiro atoms. The van der Waals surface area contributed by atoms with Crippen LogP contribution in [0.15, 0.2) is 17.5 Å². The van der Waals surface area contributed by atoms with Crippen molar-refractivity contribution >= 4 is 34.5 Å². The molecule has 1 heterocycles. The van der Waals surface area contributed by atoms with Crippen molar-refractivity contribution in [3.8, 4) is 11.3 Å². The molecule has 0 bridgehead atoms. The van der Waals surface area contributed by atoms with E-state index >= 15 is 0 Å². The lowest BCUT2D eigenvalue weighted by atomic mass is 10.1. The zero-order chi connectivity index (χ0) is 12.6. The van der Waals surface area contributed by atoms with Gasteiger partial charge < -0.3 is 5.11 Å². The molecule has 2 nitrogen and oxygen atoms in total. The van der Waals surface area contributed by atoms with Crippen molar-refractivity contribution in [1.82, 2.24) is 4.98 Å². The van der Waals surface area contributed by atoms with E-state index in [0.29, 0.717) is 21.3 Å². The Hall–Kier alpha value is -0.680. The van der Waals surface area contributed by atoms with Crippen LogP contribution in [0.5, 0.6) is 0 Å². The first-order chi connectivity index (χ1) is 7.99. The number of hydrogen-bond donors (Lipinski definition) is 1. The summed E-state index contributed by atoms with van der Waals surface area (Å²) in [6.07, 6.45) is -0.648. The van der Waals surface area contributed by atoms with Gasteiger partial charge in [-0.2, -0.15) is 0 Å². The van der Waals surface area contributed by atoms with E-state index in [2.05, 4.69) is 4.98 Å². The highest BCUT2D eigenvalue weighted by Gasteiger charge is 2.13. The Balaban J connectivity index is 2.49. The van der Waals surface area contributed by atoms with Gasteiger partial charge in [-0.15, -0.1) is 11.3 Å². The molecule has 0 aliphatic carbocycles. The molecule has 2 aromatic rings. The first kappa shape index (κ1) is 12.8. The Morgan fingerprint density at radius 3 is 2.65 bits per heavy atom. The van der Waals surface area contributed by atoms with Gasteiger partial charge in [-0.25, -0.2) is 9.37 Å². The Kier molecular flexibility index (Phi) is 3.68. The van der Waals surface area contributed by atoms with E-state index in [1.165, 1.54) is 23.5 Å². The number of hydrogen-bond acceptors (Lipinski definition) is 3. The number of aliphatic hydroxyl groups is 1. The van der Waals surface area contributed by atoms with Crippen molar-refractivity contribution in [3.05, 3.63) is 38.4 Å². The van der Waals surface area contributed by atoms with Crippen LogP contribution in [0, 0.1) is 5.82 Å². The van der Waals surface area contributed by atoms with Crippen LogP contribution >= 0.6 is 34.5 Å². The SMILES string of the molecule is CC(O)c1nc(-c2cc(F)c(Cl)cc2Cl)cs1. The standard InChI is InChI=1S/C11H8Cl2FNOS/c1-5(16)11-15-10(4-17-11)6-2-9(14)8(13)3-7(6)12/h2-5,16H,1H3. The minimum atomic E-state index is -0.648. The maximum atomic E-state index is 13.3. The summed E-state index contributed by atoms with van der Waals surface area (Å²) in [6.45, 7) is 1.62. The summed E-state index contributed by atoms with van der Waals surface area (Å²) >= 11 is 12.9. The summed E-state index contributed by atoms with van der Waals surface area (Å²) in [5, 5.41) is 12.0. The molecule has 0 aliphatic rings. The monoisotopic (exact) mass is 291 g/mol. The molecule has 0 amide bonds. The number of thiazole rings is 1. The number of aliphatic hydroxyl groups excluding tert-OH is 1. The fourth-order valence-electron chi connectivity index (χ4n) is 1.32. The Morgan fingerprint density at radius 2 is 2.06 bits per heavy atom. The summed E-state index contributed by atoms with van der Waals surface area (Å²) in [5.41, 5.74) is 1.00. The highest BCUT2D eigenvalue weighted by Crippen LogP contribution is 2.33. The molecule has 1 N–H and O–H groups in total. The van der Waals surface area contributed by atoms with Crippen LogP contribution in [0.25, 0.3) is 11.3 Å². The van der Waals surface area contributed by atoms with Crippen molar-refractivity contribution in [2.75, 3.05) is 0 Å². The van der Waals surface area contributed by atoms with Gasteiger partial charge in [-0.1, -0.05) is 23.2 Å². The molecule has 2 rings (SSSR count). The molecule has 1 atom stereocenters. The van der Waals surface area contributed by atoms with Crippen molar-refractivity contribution in [2.45, 2.75) is 13.0 Å². The molecular weight excluding hydrogens is 284 g/mol. The number of aromatic nitrogens is 1. The van der Waals surface area contributed by atoms with Crippen LogP contribution < -0.4 is 0 Å². The quantitative estimate of drug-likeness (QED) is 0.837. The second-order valence-corrected chi connectivity index (χ2v) is 5.20. The zero-order valence-electron chi connectivity index (χ0n) is 8.75. The Labute approximate surface area is 112 Å². The smallest absolute Gasteiger partial charge is 0.142 e. The molecule has 0 saturated heterocycles. The third-order valence-electron chi connectivity index (χ3n) is 2.17. The summed E-state index contributed by atoms with van der Waals surface area (Å²) in [4.78, 5) is 4.19. The third-order valence-corrected chi connectivity index (χ3v) is 3.78. The lowest BCUT2D eigenvalue weighted by molar-refractivity contribution is 0.199. The summed E-state index contributed by atoms with van der Waals surface area (Å²) in [6, 6.07) is 2.58. The molecule has 6 heteroatoms. The van der Waals surface area contributed by atoms with E-state index in [1.54, 1.807) is 12.3 Å². The summed E-state index contributed by atoms with van der Waals surface area (Å²) in [5.74, 6) is -0.544. The molecule has 0 saturated carbocycles. The van der Waals surface area contributed by atoms with Gasteiger partial charge in [0.15, 0.2) is 0 Å². The maximum Gasteiger partial charge on any atom is 0.142 e. The number of halogens is 3. The predicted molar refractivity (Wildman–Crippen MR) is 68.2 cm³/mol. The van der Waals surface area contributed by atoms with Crippen molar-refractivity contribution in [2.24, 2.45) is 0 Å². The topological polar surface area (TPSA) is 33.1 Å². The number of nitrogens with zero attached hydrogens (tertiary/aromatic N) is 1. The molecule has 0 aliphatic heterocycles. The molecule has 90 valence electrons. The molecular formula is C11H8Cl2FNOS. The van der Waals surface area contributed by atoms with Gasteiger partial charge in [-0.3, -0.25) is 0 Å². The van der Waals surface area contributed by atoms with E-state index in [4.69, 9.17) is 23.2 Å². The van der Waals surface area contributed by atoms with Crippen LogP contribution in [-0.4, -0.2) is 10.1 Å². The van der Waals surface area contributed by atoms with Crippen molar-refractivity contribution in [3.63, 3.8) is 0 Å². The molecule has 17 heavy (non-hydrogen) atoms. The lowest BCUT2D eigenvalue weighted by Crippen LogP contribution is -1.90. The average Bonchev–Trinajstić information content (AvgIpc) is 2.72. The van der Waals surface area contributed by atoms with Crippen LogP contribution in [0.3, 0.4) is 0 Å². The van der Waals surface area contributed by atoms with Gasteiger partial charge in [0, 0.05) is 10.9 Å². The van der Waals surface area contributed by atoms with E-state index < -0.39 is 11.9 Å². The first-order valence-corrected chi connectivity index (χ1v) is 6.41. The zero-order valence-corrected chi connectivity index (χ0v) is 11.1. The first-order valence-electron chi connectivity index (χ1n) is 4.77. The van der Waals surface area contributed by atoms with Gasteiger partial charge >= 0.3 is 0 Å². The van der Waals surface area contributed by atoms with E-state index in [-0.39, 0.29) is 5.02 Å². The second kappa shape index (κ2) is 4.90. The molecule has 0 radical (unpaired) electrons. The van der Waals surface area contributed by atoms with E-state index in [9.17, 15) is 9.50 Å². The van der Waals surface area contributed by atoms with Gasteiger partial charge in [0.05, 0.1) is 15.7 Å². The highest BCUT2D eigenvalue weighted by molar-refractivity contribution is 7.10. The number of benzene rings is 1. The molecule has 1 aromatic carbocycles. The van der Waals surface area contributed by atoms with Crippen LogP contribution in [0.1, 0.15) is 18.0 Å². The van der Waals surface area contributed by atoms with Gasteiger partial charge in [0.2, 0.25) is 0 Å². The lowest BCUT2D eigenvalue weighted by Gasteiger charge is -2.03. The predicted octanol–water partition coefficient (Wildman–Crippen LogP) is 4.31. The summed E-state index contributed by atoms with van der Waals surface area (Å²) in [7, 11) is 0. The highest BCUT2D eigenvalue weighted by atomic mass is 35.5. The average molecular weight is 292 g/mol. The molecule has 1 aromatic heterocycles. The molecule has 1 unspecified atom stereocenters. The minimum absolute atomic E-state index is 0.0234. The Bertz CT molecular complexity index is 556. The molecule has 0 fully saturated rings. The van der Waals surface area contributed by atoms with Gasteiger partial charge in [0.25, 0.3) is 0 Å². The minimum Gasteiger partial charge on any atom is -0.386 e. The van der Waals surface area contributed by atoms with Crippen LogP contribution in [-0.2, 0) is 0 Å². The fraction of sp³-hybridized carbons (Fsp3) is 0.182. The fourth-order valence-corrected chi connectivity index (χ4v) is 2.56. The van der Waals surface area contributed by atoms with Crippen molar-refractivity contribution in [1.29, 1.82) is 0 Å². The summed E-state index contributed by atoms with van der Waals surface area (Å²) < 4.78 is 13.3. The second-order valence-electron chi connectivity index (χ2n) is 3.49.